The van der Waals surface area contributed by atoms with Gasteiger partial charge in [0.25, 0.3) is 5.91 Å². The zero-order chi connectivity index (χ0) is 23.2. The highest BCUT2D eigenvalue weighted by Gasteiger charge is 2.22. The topological polar surface area (TPSA) is 89.9 Å². The number of aromatic hydroxyl groups is 1. The van der Waals surface area contributed by atoms with Crippen LogP contribution in [0, 0.1) is 0 Å². The summed E-state index contributed by atoms with van der Waals surface area (Å²) in [7, 11) is 3.17. The van der Waals surface area contributed by atoms with Gasteiger partial charge in [-0.2, -0.15) is 0 Å². The van der Waals surface area contributed by atoms with E-state index in [9.17, 15) is 9.90 Å². The van der Waals surface area contributed by atoms with Crippen LogP contribution in [0.3, 0.4) is 0 Å². The van der Waals surface area contributed by atoms with E-state index in [0.29, 0.717) is 28.3 Å². The number of nitrogens with one attached hydrogen (secondary N) is 1. The Morgan fingerprint density at radius 1 is 0.909 bits per heavy atom. The largest absolute Gasteiger partial charge is 0.505 e. The SMILES string of the molecule is COc1ccc(OCC(=O)NC(c2ccc(OC)cc2)c2ccc3cccnc3c2O)cc1. The number of phenols is 1. The van der Waals surface area contributed by atoms with Gasteiger partial charge in [-0.25, -0.2) is 0 Å². The minimum Gasteiger partial charge on any atom is -0.505 e. The van der Waals surface area contributed by atoms with Gasteiger partial charge in [-0.1, -0.05) is 30.3 Å². The molecule has 0 aliphatic rings. The maximum Gasteiger partial charge on any atom is 0.258 e. The lowest BCUT2D eigenvalue weighted by atomic mass is 9.96. The number of fused-ring (bicyclic) bond motifs is 1. The van der Waals surface area contributed by atoms with Crippen molar-refractivity contribution in [1.82, 2.24) is 10.3 Å². The minimum atomic E-state index is -0.616. The van der Waals surface area contributed by atoms with E-state index in [1.54, 1.807) is 68.9 Å². The van der Waals surface area contributed by atoms with Crippen molar-refractivity contribution in [3.05, 3.63) is 90.1 Å². The number of amides is 1. The predicted molar refractivity (Wildman–Crippen MR) is 125 cm³/mol. The Morgan fingerprint density at radius 2 is 1.55 bits per heavy atom. The molecule has 0 spiro atoms. The van der Waals surface area contributed by atoms with Crippen LogP contribution < -0.4 is 19.5 Å². The van der Waals surface area contributed by atoms with Gasteiger partial charge in [0.1, 0.15) is 28.5 Å². The normalized spacial score (nSPS) is 11.6. The van der Waals surface area contributed by atoms with Crippen molar-refractivity contribution in [2.75, 3.05) is 20.8 Å². The first kappa shape index (κ1) is 22.0. The summed E-state index contributed by atoms with van der Waals surface area (Å²) in [6.45, 7) is -0.189. The Labute approximate surface area is 191 Å². The van der Waals surface area contributed by atoms with E-state index in [4.69, 9.17) is 14.2 Å². The Kier molecular flexibility index (Phi) is 6.59. The molecule has 0 saturated carbocycles. The lowest BCUT2D eigenvalue weighted by molar-refractivity contribution is -0.123. The second-order valence-corrected chi connectivity index (χ2v) is 7.32. The van der Waals surface area contributed by atoms with Crippen LogP contribution in [-0.4, -0.2) is 36.8 Å². The first-order valence-electron chi connectivity index (χ1n) is 10.4. The van der Waals surface area contributed by atoms with E-state index < -0.39 is 6.04 Å². The highest BCUT2D eigenvalue weighted by molar-refractivity contribution is 5.86. The third-order valence-corrected chi connectivity index (χ3v) is 5.27. The molecule has 1 aromatic heterocycles. The number of phenolic OH excluding ortho intramolecular Hbond substituents is 1. The Hall–Kier alpha value is -4.26. The number of benzene rings is 3. The van der Waals surface area contributed by atoms with Crippen molar-refractivity contribution >= 4 is 16.8 Å². The molecule has 0 bridgehead atoms. The van der Waals surface area contributed by atoms with Crippen LogP contribution >= 0.6 is 0 Å². The fraction of sp³-hybridized carbons (Fsp3) is 0.154. The minimum absolute atomic E-state index is 0.0188. The van der Waals surface area contributed by atoms with Gasteiger partial charge in [0.2, 0.25) is 0 Å². The molecule has 7 heteroatoms. The first-order chi connectivity index (χ1) is 16.1. The van der Waals surface area contributed by atoms with Gasteiger partial charge in [0, 0.05) is 17.1 Å². The van der Waals surface area contributed by atoms with E-state index in [1.165, 1.54) is 0 Å². The third-order valence-electron chi connectivity index (χ3n) is 5.27. The monoisotopic (exact) mass is 444 g/mol. The maximum atomic E-state index is 12.8. The number of nitrogens with zero attached hydrogens (tertiary/aromatic N) is 1. The summed E-state index contributed by atoms with van der Waals surface area (Å²) in [5.74, 6) is 1.62. The molecule has 0 saturated heterocycles. The number of rotatable bonds is 8. The van der Waals surface area contributed by atoms with Gasteiger partial charge >= 0.3 is 0 Å². The van der Waals surface area contributed by atoms with Crippen LogP contribution in [0.4, 0.5) is 0 Å². The molecule has 7 nitrogen and oxygen atoms in total. The van der Waals surface area contributed by atoms with Crippen LogP contribution in [0.5, 0.6) is 23.0 Å². The molecular formula is C26H24N2O5. The molecule has 3 aromatic carbocycles. The van der Waals surface area contributed by atoms with Crippen LogP contribution in [-0.2, 0) is 4.79 Å². The van der Waals surface area contributed by atoms with Crippen LogP contribution in [0.15, 0.2) is 79.0 Å². The second kappa shape index (κ2) is 9.91. The number of ether oxygens (including phenoxy) is 3. The summed E-state index contributed by atoms with van der Waals surface area (Å²) in [5, 5.41) is 14.7. The average molecular weight is 444 g/mol. The van der Waals surface area contributed by atoms with Crippen LogP contribution in [0.25, 0.3) is 10.9 Å². The molecule has 2 N–H and O–H groups in total. The summed E-state index contributed by atoms with van der Waals surface area (Å²) in [6, 6.07) is 21.0. The smallest absolute Gasteiger partial charge is 0.258 e. The van der Waals surface area contributed by atoms with E-state index in [0.717, 1.165) is 10.9 Å². The first-order valence-corrected chi connectivity index (χ1v) is 10.4. The van der Waals surface area contributed by atoms with Gasteiger partial charge in [0.05, 0.1) is 20.3 Å². The summed E-state index contributed by atoms with van der Waals surface area (Å²) in [4.78, 5) is 17.1. The lowest BCUT2D eigenvalue weighted by Crippen LogP contribution is -2.33. The molecule has 4 rings (SSSR count). The number of carbonyl (C=O) groups is 1. The Morgan fingerprint density at radius 3 is 2.21 bits per heavy atom. The van der Waals surface area contributed by atoms with Crippen molar-refractivity contribution in [3.63, 3.8) is 0 Å². The predicted octanol–water partition coefficient (Wildman–Crippen LogP) is 4.24. The number of methoxy groups -OCH3 is 2. The van der Waals surface area contributed by atoms with Gasteiger partial charge in [-0.3, -0.25) is 9.78 Å². The van der Waals surface area contributed by atoms with Crippen molar-refractivity contribution in [3.8, 4) is 23.0 Å². The number of pyridine rings is 1. The van der Waals surface area contributed by atoms with E-state index in [2.05, 4.69) is 10.3 Å². The summed E-state index contributed by atoms with van der Waals surface area (Å²) < 4.78 is 16.0. The molecule has 168 valence electrons. The van der Waals surface area contributed by atoms with Gasteiger partial charge in [0.15, 0.2) is 6.61 Å². The van der Waals surface area contributed by atoms with E-state index in [-0.39, 0.29) is 18.3 Å². The van der Waals surface area contributed by atoms with Crippen molar-refractivity contribution in [2.24, 2.45) is 0 Å². The lowest BCUT2D eigenvalue weighted by Gasteiger charge is -2.22. The third kappa shape index (κ3) is 4.98. The number of hydrogen-bond acceptors (Lipinski definition) is 6. The molecular weight excluding hydrogens is 420 g/mol. The molecule has 33 heavy (non-hydrogen) atoms. The van der Waals surface area contributed by atoms with Gasteiger partial charge < -0.3 is 24.6 Å². The van der Waals surface area contributed by atoms with Crippen molar-refractivity contribution < 1.29 is 24.1 Å². The van der Waals surface area contributed by atoms with Gasteiger partial charge in [-0.05, 0) is 48.0 Å². The maximum absolute atomic E-state index is 12.8. The molecule has 4 aromatic rings. The standard InChI is InChI=1S/C26H24N2O5/c1-31-19-8-5-18(6-9-19)24(22-14-7-17-4-3-15-27-25(17)26(22)30)28-23(29)16-33-21-12-10-20(32-2)11-13-21/h3-15,24,30H,16H2,1-2H3,(H,28,29). The zero-order valence-corrected chi connectivity index (χ0v) is 18.3. The molecule has 0 fully saturated rings. The number of carbonyl (C=O) groups excluding carboxylic acids is 1. The molecule has 0 aliphatic heterocycles. The zero-order valence-electron chi connectivity index (χ0n) is 18.3. The summed E-state index contributed by atoms with van der Waals surface area (Å²) in [6.07, 6.45) is 1.62. The number of aromatic nitrogens is 1. The average Bonchev–Trinajstić information content (AvgIpc) is 2.87. The summed E-state index contributed by atoms with van der Waals surface area (Å²) >= 11 is 0. The van der Waals surface area contributed by atoms with E-state index >= 15 is 0 Å². The molecule has 1 amide bonds. The molecule has 0 radical (unpaired) electrons. The molecule has 0 aliphatic carbocycles. The molecule has 1 atom stereocenters. The highest BCUT2D eigenvalue weighted by Crippen LogP contribution is 2.35. The Bertz CT molecular complexity index is 1240. The second-order valence-electron chi connectivity index (χ2n) is 7.32. The van der Waals surface area contributed by atoms with Crippen LogP contribution in [0.1, 0.15) is 17.2 Å². The summed E-state index contributed by atoms with van der Waals surface area (Å²) in [5.41, 5.74) is 1.78. The Balaban J connectivity index is 1.60. The van der Waals surface area contributed by atoms with Gasteiger partial charge in [-0.15, -0.1) is 0 Å². The fourth-order valence-electron chi connectivity index (χ4n) is 3.54. The molecule has 1 heterocycles. The van der Waals surface area contributed by atoms with Crippen molar-refractivity contribution in [1.29, 1.82) is 0 Å². The van der Waals surface area contributed by atoms with E-state index in [1.807, 2.05) is 24.3 Å². The number of hydrogen-bond donors (Lipinski definition) is 2. The van der Waals surface area contributed by atoms with Crippen LogP contribution in [0.2, 0.25) is 0 Å². The quantitative estimate of drug-likeness (QED) is 0.423. The van der Waals surface area contributed by atoms with Crippen molar-refractivity contribution in [2.45, 2.75) is 6.04 Å². The fourth-order valence-corrected chi connectivity index (χ4v) is 3.54. The molecule has 1 unspecified atom stereocenters. The highest BCUT2D eigenvalue weighted by atomic mass is 16.5.